The Morgan fingerprint density at radius 2 is 1.89 bits per heavy atom. The van der Waals surface area contributed by atoms with Crippen molar-refractivity contribution < 1.29 is 0 Å². The molecule has 0 amide bonds. The molecule has 18 heavy (non-hydrogen) atoms. The van der Waals surface area contributed by atoms with E-state index in [9.17, 15) is 0 Å². The second-order valence-electron chi connectivity index (χ2n) is 6.16. The van der Waals surface area contributed by atoms with Crippen molar-refractivity contribution in [1.82, 2.24) is 5.32 Å². The zero-order valence-electron chi connectivity index (χ0n) is 11.7. The zero-order chi connectivity index (χ0) is 13.2. The summed E-state index contributed by atoms with van der Waals surface area (Å²) in [5, 5.41) is 3.55. The minimum atomic E-state index is 0.443. The van der Waals surface area contributed by atoms with Crippen molar-refractivity contribution in [2.24, 2.45) is 11.3 Å². The smallest absolute Gasteiger partial charge is 0.0351 e. The molecule has 2 atom stereocenters. The molecule has 1 aromatic carbocycles. The highest BCUT2D eigenvalue weighted by Gasteiger charge is 2.37. The van der Waals surface area contributed by atoms with Gasteiger partial charge in [0, 0.05) is 10.5 Å². The molecular weight excluding hydrogens is 286 g/mol. The summed E-state index contributed by atoms with van der Waals surface area (Å²) in [6.45, 7) is 4.86. The Balaban J connectivity index is 2.24. The molecule has 1 saturated carbocycles. The van der Waals surface area contributed by atoms with Crippen molar-refractivity contribution in [3.05, 3.63) is 34.3 Å². The number of benzene rings is 1. The van der Waals surface area contributed by atoms with Gasteiger partial charge in [0.1, 0.15) is 0 Å². The van der Waals surface area contributed by atoms with Crippen LogP contribution >= 0.6 is 15.9 Å². The van der Waals surface area contributed by atoms with Crippen LogP contribution in [0.15, 0.2) is 28.7 Å². The third kappa shape index (κ3) is 2.97. The van der Waals surface area contributed by atoms with E-state index < -0.39 is 0 Å². The molecule has 0 aromatic heterocycles. The van der Waals surface area contributed by atoms with Crippen LogP contribution in [-0.4, -0.2) is 7.05 Å². The van der Waals surface area contributed by atoms with Gasteiger partial charge < -0.3 is 5.32 Å². The zero-order valence-corrected chi connectivity index (χ0v) is 13.3. The molecule has 0 spiro atoms. The lowest BCUT2D eigenvalue weighted by Gasteiger charge is -2.43. The Bertz CT molecular complexity index is 383. The van der Waals surface area contributed by atoms with Gasteiger partial charge in [-0.25, -0.2) is 0 Å². The van der Waals surface area contributed by atoms with Crippen LogP contribution in [0.2, 0.25) is 0 Å². The number of halogens is 1. The van der Waals surface area contributed by atoms with Crippen molar-refractivity contribution >= 4 is 15.9 Å². The van der Waals surface area contributed by atoms with Crippen molar-refractivity contribution in [2.45, 2.75) is 45.6 Å². The molecule has 0 aliphatic heterocycles. The average molecular weight is 310 g/mol. The third-order valence-corrected chi connectivity index (χ3v) is 5.06. The highest BCUT2D eigenvalue weighted by atomic mass is 79.9. The largest absolute Gasteiger partial charge is 0.313 e. The SMILES string of the molecule is CNC(c1ccc(Br)cc1)C1CCCCC1(C)C. The molecule has 0 radical (unpaired) electrons. The lowest BCUT2D eigenvalue weighted by Crippen LogP contribution is -2.37. The molecule has 0 saturated heterocycles. The van der Waals surface area contributed by atoms with E-state index in [1.165, 1.54) is 31.2 Å². The van der Waals surface area contributed by atoms with E-state index in [1.54, 1.807) is 0 Å². The first-order valence-electron chi connectivity index (χ1n) is 6.97. The Morgan fingerprint density at radius 1 is 1.22 bits per heavy atom. The Kier molecular flexibility index (Phi) is 4.50. The lowest BCUT2D eigenvalue weighted by molar-refractivity contribution is 0.101. The average Bonchev–Trinajstić information content (AvgIpc) is 2.34. The summed E-state index contributed by atoms with van der Waals surface area (Å²) < 4.78 is 1.16. The van der Waals surface area contributed by atoms with E-state index in [2.05, 4.69) is 66.4 Å². The first-order chi connectivity index (χ1) is 8.54. The van der Waals surface area contributed by atoms with Crippen LogP contribution in [0.3, 0.4) is 0 Å². The standard InChI is InChI=1S/C16H24BrN/c1-16(2)11-5-4-6-14(16)15(18-3)12-7-9-13(17)10-8-12/h7-10,14-15,18H,4-6,11H2,1-3H3. The maximum absolute atomic E-state index is 3.55. The van der Waals surface area contributed by atoms with E-state index in [4.69, 9.17) is 0 Å². The van der Waals surface area contributed by atoms with Gasteiger partial charge in [-0.3, -0.25) is 0 Å². The minimum absolute atomic E-state index is 0.443. The predicted molar refractivity (Wildman–Crippen MR) is 81.7 cm³/mol. The van der Waals surface area contributed by atoms with Gasteiger partial charge in [-0.15, -0.1) is 0 Å². The molecule has 0 bridgehead atoms. The maximum Gasteiger partial charge on any atom is 0.0351 e. The van der Waals surface area contributed by atoms with Crippen LogP contribution in [0.4, 0.5) is 0 Å². The lowest BCUT2D eigenvalue weighted by atomic mass is 9.65. The summed E-state index contributed by atoms with van der Waals surface area (Å²) in [5.41, 5.74) is 1.86. The number of rotatable bonds is 3. The second-order valence-corrected chi connectivity index (χ2v) is 7.07. The molecule has 1 aromatic rings. The number of hydrogen-bond acceptors (Lipinski definition) is 1. The summed E-state index contributed by atoms with van der Waals surface area (Å²) in [5.74, 6) is 0.734. The fourth-order valence-electron chi connectivity index (χ4n) is 3.41. The topological polar surface area (TPSA) is 12.0 Å². The first-order valence-corrected chi connectivity index (χ1v) is 7.76. The van der Waals surface area contributed by atoms with Crippen LogP contribution < -0.4 is 5.32 Å². The Hall–Kier alpha value is -0.340. The summed E-state index contributed by atoms with van der Waals surface area (Å²) in [6.07, 6.45) is 5.46. The number of nitrogens with one attached hydrogen (secondary N) is 1. The molecule has 2 unspecified atom stereocenters. The molecule has 1 aliphatic rings. The summed E-state index contributed by atoms with van der Waals surface area (Å²) in [6, 6.07) is 9.27. The maximum atomic E-state index is 3.55. The van der Waals surface area contributed by atoms with Crippen molar-refractivity contribution in [3.63, 3.8) is 0 Å². The van der Waals surface area contributed by atoms with E-state index in [1.807, 2.05) is 0 Å². The van der Waals surface area contributed by atoms with Crippen LogP contribution in [0, 0.1) is 11.3 Å². The van der Waals surface area contributed by atoms with Gasteiger partial charge in [-0.1, -0.05) is 54.8 Å². The van der Waals surface area contributed by atoms with Gasteiger partial charge in [0.2, 0.25) is 0 Å². The van der Waals surface area contributed by atoms with Gasteiger partial charge in [-0.05, 0) is 48.9 Å². The monoisotopic (exact) mass is 309 g/mol. The van der Waals surface area contributed by atoms with Crippen molar-refractivity contribution in [3.8, 4) is 0 Å². The van der Waals surface area contributed by atoms with E-state index in [-0.39, 0.29) is 0 Å². The van der Waals surface area contributed by atoms with Crippen molar-refractivity contribution in [2.75, 3.05) is 7.05 Å². The third-order valence-electron chi connectivity index (χ3n) is 4.53. The molecule has 100 valence electrons. The van der Waals surface area contributed by atoms with Crippen LogP contribution in [0.1, 0.15) is 51.1 Å². The first kappa shape index (κ1) is 14.1. The van der Waals surface area contributed by atoms with Gasteiger partial charge >= 0.3 is 0 Å². The molecule has 1 fully saturated rings. The van der Waals surface area contributed by atoms with E-state index >= 15 is 0 Å². The minimum Gasteiger partial charge on any atom is -0.313 e. The molecular formula is C16H24BrN. The molecule has 2 heteroatoms. The van der Waals surface area contributed by atoms with E-state index in [0.29, 0.717) is 11.5 Å². The predicted octanol–water partition coefficient (Wildman–Crippen LogP) is 4.93. The Labute approximate surface area is 119 Å². The molecule has 2 rings (SSSR count). The number of hydrogen-bond donors (Lipinski definition) is 1. The normalized spacial score (nSPS) is 24.8. The van der Waals surface area contributed by atoms with Crippen molar-refractivity contribution in [1.29, 1.82) is 0 Å². The van der Waals surface area contributed by atoms with Crippen LogP contribution in [0.5, 0.6) is 0 Å². The van der Waals surface area contributed by atoms with Gasteiger partial charge in [0.15, 0.2) is 0 Å². The second kappa shape index (κ2) is 5.75. The van der Waals surface area contributed by atoms with Crippen LogP contribution in [0.25, 0.3) is 0 Å². The van der Waals surface area contributed by atoms with Gasteiger partial charge in [-0.2, -0.15) is 0 Å². The summed E-state index contributed by atoms with van der Waals surface area (Å²) in [4.78, 5) is 0. The fourth-order valence-corrected chi connectivity index (χ4v) is 3.67. The molecule has 1 aliphatic carbocycles. The fraction of sp³-hybridized carbons (Fsp3) is 0.625. The highest BCUT2D eigenvalue weighted by Crippen LogP contribution is 2.46. The van der Waals surface area contributed by atoms with Gasteiger partial charge in [0.25, 0.3) is 0 Å². The van der Waals surface area contributed by atoms with E-state index in [0.717, 1.165) is 10.4 Å². The molecule has 1 N–H and O–H groups in total. The summed E-state index contributed by atoms with van der Waals surface area (Å²) in [7, 11) is 2.09. The quantitative estimate of drug-likeness (QED) is 0.835. The highest BCUT2D eigenvalue weighted by molar-refractivity contribution is 9.10. The van der Waals surface area contributed by atoms with Crippen LogP contribution in [-0.2, 0) is 0 Å². The molecule has 1 nitrogen and oxygen atoms in total. The Morgan fingerprint density at radius 3 is 2.44 bits per heavy atom. The summed E-state index contributed by atoms with van der Waals surface area (Å²) >= 11 is 3.51. The molecule has 0 heterocycles. The van der Waals surface area contributed by atoms with Gasteiger partial charge in [0.05, 0.1) is 0 Å².